The van der Waals surface area contributed by atoms with E-state index in [2.05, 4.69) is 5.32 Å². The van der Waals surface area contributed by atoms with E-state index in [1.807, 2.05) is 13.8 Å². The molecule has 1 aromatic rings. The Hall–Kier alpha value is -2.17. The summed E-state index contributed by atoms with van der Waals surface area (Å²) in [7, 11) is 0. The molecule has 1 aliphatic rings. The molecule has 0 aliphatic carbocycles. The number of amides is 3. The second kappa shape index (κ2) is 5.68. The molecule has 0 bridgehead atoms. The lowest BCUT2D eigenvalue weighted by Gasteiger charge is -2.20. The van der Waals surface area contributed by atoms with Gasteiger partial charge in [0.1, 0.15) is 0 Å². The van der Waals surface area contributed by atoms with Crippen LogP contribution in [0.25, 0.3) is 0 Å². The topological polar surface area (TPSA) is 66.5 Å². The highest BCUT2D eigenvalue weighted by molar-refractivity contribution is 6.22. The summed E-state index contributed by atoms with van der Waals surface area (Å²) >= 11 is 0. The number of imide groups is 1. The van der Waals surface area contributed by atoms with Gasteiger partial charge in [-0.1, -0.05) is 26.8 Å². The van der Waals surface area contributed by atoms with E-state index in [1.165, 1.54) is 4.90 Å². The number of rotatable bonds is 4. The lowest BCUT2D eigenvalue weighted by atomic mass is 9.86. The Labute approximate surface area is 124 Å². The second-order valence-corrected chi connectivity index (χ2v) is 5.58. The first kappa shape index (κ1) is 15.2. The Kier molecular flexibility index (Phi) is 4.11. The maximum atomic E-state index is 12.5. The largest absolute Gasteiger partial charge is 0.326 e. The molecule has 1 aliphatic heterocycles. The molecule has 1 heterocycles. The normalized spacial score (nSPS) is 21.8. The molecular weight excluding hydrogens is 268 g/mol. The van der Waals surface area contributed by atoms with E-state index in [-0.39, 0.29) is 24.1 Å². The van der Waals surface area contributed by atoms with E-state index in [0.29, 0.717) is 24.2 Å². The zero-order valence-electron chi connectivity index (χ0n) is 12.6. The number of benzene rings is 1. The molecule has 3 amide bonds. The lowest BCUT2D eigenvalue weighted by Crippen LogP contribution is -2.34. The van der Waals surface area contributed by atoms with Gasteiger partial charge in [0.2, 0.25) is 17.7 Å². The summed E-state index contributed by atoms with van der Waals surface area (Å²) in [6.45, 7) is 5.49. The van der Waals surface area contributed by atoms with Gasteiger partial charge < -0.3 is 5.32 Å². The average molecular weight is 288 g/mol. The Morgan fingerprint density at radius 3 is 2.62 bits per heavy atom. The maximum Gasteiger partial charge on any atom is 0.240 e. The van der Waals surface area contributed by atoms with Crippen molar-refractivity contribution >= 4 is 29.1 Å². The molecule has 1 atom stereocenters. The van der Waals surface area contributed by atoms with Crippen LogP contribution in [0.5, 0.6) is 0 Å². The molecule has 112 valence electrons. The van der Waals surface area contributed by atoms with Gasteiger partial charge in [-0.3, -0.25) is 14.4 Å². The molecule has 2 rings (SSSR count). The first-order valence-corrected chi connectivity index (χ1v) is 7.18. The summed E-state index contributed by atoms with van der Waals surface area (Å²) in [5.41, 5.74) is 0.473. The molecule has 0 spiro atoms. The van der Waals surface area contributed by atoms with Crippen LogP contribution in [-0.4, -0.2) is 17.7 Å². The monoisotopic (exact) mass is 288 g/mol. The molecule has 21 heavy (non-hydrogen) atoms. The van der Waals surface area contributed by atoms with Crippen LogP contribution in [0.15, 0.2) is 24.3 Å². The minimum Gasteiger partial charge on any atom is -0.326 e. The molecule has 0 saturated carbocycles. The predicted octanol–water partition coefficient (Wildman–Crippen LogP) is 2.71. The summed E-state index contributed by atoms with van der Waals surface area (Å²) in [4.78, 5) is 37.3. The molecule has 0 radical (unpaired) electrons. The first-order chi connectivity index (χ1) is 9.91. The number of hydrogen-bond donors (Lipinski definition) is 1. The van der Waals surface area contributed by atoms with Crippen molar-refractivity contribution in [2.24, 2.45) is 5.41 Å². The molecule has 1 aromatic carbocycles. The van der Waals surface area contributed by atoms with Crippen LogP contribution in [0, 0.1) is 5.41 Å². The molecule has 1 saturated heterocycles. The van der Waals surface area contributed by atoms with Crippen molar-refractivity contribution in [1.82, 2.24) is 0 Å². The Morgan fingerprint density at radius 1 is 1.33 bits per heavy atom. The van der Waals surface area contributed by atoms with Crippen LogP contribution in [0.1, 0.15) is 40.0 Å². The van der Waals surface area contributed by atoms with Gasteiger partial charge in [0.25, 0.3) is 0 Å². The van der Waals surface area contributed by atoms with Crippen molar-refractivity contribution in [2.45, 2.75) is 40.0 Å². The van der Waals surface area contributed by atoms with Crippen molar-refractivity contribution in [3.8, 4) is 0 Å². The van der Waals surface area contributed by atoms with E-state index in [9.17, 15) is 14.4 Å². The molecule has 1 unspecified atom stereocenters. The number of carbonyl (C=O) groups excluding carboxylic acids is 3. The minimum atomic E-state index is -0.625. The average Bonchev–Trinajstić information content (AvgIpc) is 2.69. The fourth-order valence-electron chi connectivity index (χ4n) is 2.38. The zero-order valence-corrected chi connectivity index (χ0v) is 12.6. The van der Waals surface area contributed by atoms with Crippen LogP contribution < -0.4 is 10.2 Å². The Balaban J connectivity index is 2.30. The van der Waals surface area contributed by atoms with Crippen LogP contribution in [-0.2, 0) is 14.4 Å². The van der Waals surface area contributed by atoms with Crippen LogP contribution >= 0.6 is 0 Å². The summed E-state index contributed by atoms with van der Waals surface area (Å²) in [6, 6.07) is 6.83. The quantitative estimate of drug-likeness (QED) is 0.866. The van der Waals surface area contributed by atoms with E-state index < -0.39 is 5.41 Å². The number of anilines is 2. The minimum absolute atomic E-state index is 0.107. The van der Waals surface area contributed by atoms with Crippen LogP contribution in [0.4, 0.5) is 11.4 Å². The van der Waals surface area contributed by atoms with Gasteiger partial charge in [0.15, 0.2) is 0 Å². The number of hydrogen-bond acceptors (Lipinski definition) is 3. The van der Waals surface area contributed by atoms with Crippen molar-refractivity contribution in [3.63, 3.8) is 0 Å². The first-order valence-electron chi connectivity index (χ1n) is 7.18. The lowest BCUT2D eigenvalue weighted by molar-refractivity contribution is -0.125. The highest BCUT2D eigenvalue weighted by atomic mass is 16.2. The molecular formula is C16H20N2O3. The fraction of sp³-hybridized carbons (Fsp3) is 0.438. The maximum absolute atomic E-state index is 12.5. The van der Waals surface area contributed by atoms with Crippen molar-refractivity contribution in [2.75, 3.05) is 10.2 Å². The van der Waals surface area contributed by atoms with Gasteiger partial charge in [-0.05, 0) is 24.6 Å². The van der Waals surface area contributed by atoms with Crippen molar-refractivity contribution in [3.05, 3.63) is 24.3 Å². The summed E-state index contributed by atoms with van der Waals surface area (Å²) in [6.07, 6.45) is 1.23. The number of nitrogens with zero attached hydrogens (tertiary/aromatic N) is 1. The van der Waals surface area contributed by atoms with E-state index in [0.717, 1.165) is 0 Å². The SMILES string of the molecule is CCC(=O)Nc1cccc(N2C(=O)CC(C)(CC)C2=O)c1. The third-order valence-electron chi connectivity index (χ3n) is 4.00. The van der Waals surface area contributed by atoms with E-state index in [1.54, 1.807) is 31.2 Å². The van der Waals surface area contributed by atoms with Gasteiger partial charge in [-0.15, -0.1) is 0 Å². The van der Waals surface area contributed by atoms with Gasteiger partial charge in [-0.2, -0.15) is 0 Å². The van der Waals surface area contributed by atoms with E-state index >= 15 is 0 Å². The van der Waals surface area contributed by atoms with Crippen molar-refractivity contribution < 1.29 is 14.4 Å². The summed E-state index contributed by atoms with van der Waals surface area (Å²) < 4.78 is 0. The zero-order chi connectivity index (χ0) is 15.6. The smallest absolute Gasteiger partial charge is 0.240 e. The second-order valence-electron chi connectivity index (χ2n) is 5.58. The summed E-state index contributed by atoms with van der Waals surface area (Å²) in [5, 5.41) is 2.73. The van der Waals surface area contributed by atoms with E-state index in [4.69, 9.17) is 0 Å². The number of carbonyl (C=O) groups is 3. The van der Waals surface area contributed by atoms with Gasteiger partial charge >= 0.3 is 0 Å². The Bertz CT molecular complexity index is 597. The van der Waals surface area contributed by atoms with Gasteiger partial charge in [-0.25, -0.2) is 4.90 Å². The third kappa shape index (κ3) is 2.82. The third-order valence-corrected chi connectivity index (χ3v) is 4.00. The molecule has 1 fully saturated rings. The highest BCUT2D eigenvalue weighted by Gasteiger charge is 2.47. The van der Waals surface area contributed by atoms with Crippen LogP contribution in [0.2, 0.25) is 0 Å². The Morgan fingerprint density at radius 2 is 2.05 bits per heavy atom. The fourth-order valence-corrected chi connectivity index (χ4v) is 2.38. The molecule has 0 aromatic heterocycles. The van der Waals surface area contributed by atoms with Crippen molar-refractivity contribution in [1.29, 1.82) is 0 Å². The predicted molar refractivity (Wildman–Crippen MR) is 80.9 cm³/mol. The number of nitrogens with one attached hydrogen (secondary N) is 1. The molecule has 5 heteroatoms. The highest BCUT2D eigenvalue weighted by Crippen LogP contribution is 2.38. The summed E-state index contributed by atoms with van der Waals surface area (Å²) in [5.74, 6) is -0.470. The van der Waals surface area contributed by atoms with Crippen LogP contribution in [0.3, 0.4) is 0 Å². The van der Waals surface area contributed by atoms with Gasteiger partial charge in [0.05, 0.1) is 11.1 Å². The molecule has 1 N–H and O–H groups in total. The molecule has 5 nitrogen and oxygen atoms in total. The van der Waals surface area contributed by atoms with Gasteiger partial charge in [0, 0.05) is 18.5 Å². The standard InChI is InChI=1S/C16H20N2O3/c1-4-13(19)17-11-7-6-8-12(9-11)18-14(20)10-16(3,5-2)15(18)21/h6-9H,4-5,10H2,1-3H3,(H,17,19).